The lowest BCUT2D eigenvalue weighted by atomic mass is 10.2. The first-order chi connectivity index (χ1) is 13.0. The first kappa shape index (κ1) is 18.3. The summed E-state index contributed by atoms with van der Waals surface area (Å²) in [7, 11) is 0. The van der Waals surface area contributed by atoms with E-state index >= 15 is 0 Å². The Morgan fingerprint density at radius 2 is 1.96 bits per heavy atom. The number of hydrogen-bond acceptors (Lipinski definition) is 5. The van der Waals surface area contributed by atoms with Crippen molar-refractivity contribution in [3.05, 3.63) is 86.6 Å². The minimum absolute atomic E-state index is 0.0949. The van der Waals surface area contributed by atoms with Crippen molar-refractivity contribution in [2.24, 2.45) is 5.10 Å². The Kier molecular flexibility index (Phi) is 5.32. The van der Waals surface area contributed by atoms with E-state index in [1.165, 1.54) is 12.1 Å². The number of nitrogens with one attached hydrogen (secondary N) is 1. The van der Waals surface area contributed by atoms with Gasteiger partial charge in [0, 0.05) is 39.7 Å². The van der Waals surface area contributed by atoms with Gasteiger partial charge in [0.25, 0.3) is 5.91 Å². The zero-order chi connectivity index (χ0) is 19.4. The number of aromatic hydroxyl groups is 1. The Labute approximate surface area is 162 Å². The quantitative estimate of drug-likeness (QED) is 0.367. The van der Waals surface area contributed by atoms with Crippen LogP contribution in [0.1, 0.15) is 15.9 Å². The van der Waals surface area contributed by atoms with E-state index in [1.54, 1.807) is 18.2 Å². The maximum atomic E-state index is 12.3. The van der Waals surface area contributed by atoms with Crippen molar-refractivity contribution < 1.29 is 14.8 Å². The van der Waals surface area contributed by atoms with E-state index in [1.807, 2.05) is 35.2 Å². The van der Waals surface area contributed by atoms with Crippen molar-refractivity contribution in [3.63, 3.8) is 0 Å². The Morgan fingerprint density at radius 1 is 1.22 bits per heavy atom. The number of nitro benzene ring substituents is 1. The number of phenolic OH excluding ortho intramolecular Hbond substituents is 1. The molecule has 0 aliphatic rings. The Morgan fingerprint density at radius 3 is 2.67 bits per heavy atom. The predicted molar refractivity (Wildman–Crippen MR) is 103 cm³/mol. The van der Waals surface area contributed by atoms with Gasteiger partial charge in [-0.1, -0.05) is 22.0 Å². The molecule has 3 aromatic rings. The van der Waals surface area contributed by atoms with Crippen LogP contribution in [0.25, 0.3) is 5.69 Å². The first-order valence-electron chi connectivity index (χ1n) is 7.69. The van der Waals surface area contributed by atoms with Crippen molar-refractivity contribution in [2.75, 3.05) is 0 Å². The number of amides is 1. The molecule has 3 rings (SSSR count). The molecule has 0 aliphatic carbocycles. The lowest BCUT2D eigenvalue weighted by molar-refractivity contribution is -0.385. The number of carbonyl (C=O) groups is 1. The lowest BCUT2D eigenvalue weighted by Crippen LogP contribution is -2.17. The van der Waals surface area contributed by atoms with Gasteiger partial charge in [-0.15, -0.1) is 0 Å². The summed E-state index contributed by atoms with van der Waals surface area (Å²) in [5.74, 6) is -0.986. The van der Waals surface area contributed by atoms with Gasteiger partial charge < -0.3 is 9.67 Å². The topological polar surface area (TPSA) is 110 Å². The number of rotatable bonds is 5. The molecule has 0 radical (unpaired) electrons. The highest BCUT2D eigenvalue weighted by Gasteiger charge is 2.17. The molecule has 2 N–H and O–H groups in total. The Hall–Kier alpha value is -3.46. The average Bonchev–Trinajstić information content (AvgIpc) is 3.19. The summed E-state index contributed by atoms with van der Waals surface area (Å²) in [6.45, 7) is 0. The third-order valence-corrected chi connectivity index (χ3v) is 4.12. The number of hydrazone groups is 1. The molecule has 0 aliphatic heterocycles. The van der Waals surface area contributed by atoms with E-state index < -0.39 is 22.3 Å². The predicted octanol–water partition coefficient (Wildman–Crippen LogP) is 3.62. The number of benzene rings is 2. The van der Waals surface area contributed by atoms with Gasteiger partial charge in [0.2, 0.25) is 5.75 Å². The lowest BCUT2D eigenvalue weighted by Gasteiger charge is -2.05. The Bertz CT molecular complexity index is 1030. The van der Waals surface area contributed by atoms with Gasteiger partial charge in [-0.2, -0.15) is 5.10 Å². The molecular weight excluding hydrogens is 416 g/mol. The van der Waals surface area contributed by atoms with Gasteiger partial charge in [-0.25, -0.2) is 5.43 Å². The molecule has 0 atom stereocenters. The van der Waals surface area contributed by atoms with E-state index in [0.717, 1.165) is 11.9 Å². The van der Waals surface area contributed by atoms with Crippen LogP contribution in [0, 0.1) is 10.1 Å². The zero-order valence-electron chi connectivity index (χ0n) is 13.7. The third kappa shape index (κ3) is 4.21. The van der Waals surface area contributed by atoms with Gasteiger partial charge in [0.05, 0.1) is 11.1 Å². The number of carbonyl (C=O) groups excluding carboxylic acids is 1. The summed E-state index contributed by atoms with van der Waals surface area (Å²) in [6, 6.07) is 13.3. The molecule has 0 unspecified atom stereocenters. The molecule has 2 aromatic carbocycles. The molecule has 0 spiro atoms. The van der Waals surface area contributed by atoms with Crippen LogP contribution in [0.15, 0.2) is 70.5 Å². The summed E-state index contributed by atoms with van der Waals surface area (Å²) in [5, 5.41) is 24.6. The van der Waals surface area contributed by atoms with Gasteiger partial charge >= 0.3 is 5.69 Å². The number of nitrogens with zero attached hydrogens (tertiary/aromatic N) is 3. The maximum Gasteiger partial charge on any atom is 0.312 e. The zero-order valence-corrected chi connectivity index (χ0v) is 15.3. The average molecular weight is 429 g/mol. The van der Waals surface area contributed by atoms with Crippen LogP contribution in [-0.4, -0.2) is 26.7 Å². The van der Waals surface area contributed by atoms with E-state index in [-0.39, 0.29) is 5.56 Å². The Balaban J connectivity index is 1.77. The summed E-state index contributed by atoms with van der Waals surface area (Å²) in [5.41, 5.74) is 3.18. The van der Waals surface area contributed by atoms with Crippen molar-refractivity contribution in [1.82, 2.24) is 9.99 Å². The molecule has 1 heterocycles. The van der Waals surface area contributed by atoms with E-state index in [4.69, 9.17) is 0 Å². The molecule has 0 bridgehead atoms. The highest BCUT2D eigenvalue weighted by atomic mass is 79.9. The molecule has 27 heavy (non-hydrogen) atoms. The van der Waals surface area contributed by atoms with Gasteiger partial charge in [-0.3, -0.25) is 14.9 Å². The molecular formula is C18H13BrN4O4. The minimum atomic E-state index is -0.706. The van der Waals surface area contributed by atoms with Gasteiger partial charge in [-0.05, 0) is 36.4 Å². The molecule has 0 saturated heterocycles. The number of nitro groups is 1. The van der Waals surface area contributed by atoms with E-state index in [0.29, 0.717) is 10.0 Å². The normalized spacial score (nSPS) is 10.9. The standard InChI is InChI=1S/C18H13BrN4O4/c19-14-8-13(17(24)16(10-14)23(26)27)11-20-21-18(25)12-4-3-5-15(9-12)22-6-1-2-7-22/h1-11,24H,(H,21,25)/b20-11+. The highest BCUT2D eigenvalue weighted by molar-refractivity contribution is 9.10. The monoisotopic (exact) mass is 428 g/mol. The van der Waals surface area contributed by atoms with Crippen molar-refractivity contribution in [3.8, 4) is 11.4 Å². The highest BCUT2D eigenvalue weighted by Crippen LogP contribution is 2.32. The van der Waals surface area contributed by atoms with Crippen LogP contribution in [0.3, 0.4) is 0 Å². The molecule has 0 saturated carbocycles. The van der Waals surface area contributed by atoms with Gasteiger partial charge in [0.1, 0.15) is 0 Å². The fourth-order valence-electron chi connectivity index (χ4n) is 2.38. The summed E-state index contributed by atoms with van der Waals surface area (Å²) >= 11 is 3.13. The number of hydrogen-bond donors (Lipinski definition) is 2. The maximum absolute atomic E-state index is 12.3. The molecule has 1 aromatic heterocycles. The van der Waals surface area contributed by atoms with Gasteiger partial charge in [0.15, 0.2) is 0 Å². The van der Waals surface area contributed by atoms with E-state index in [2.05, 4.69) is 26.5 Å². The summed E-state index contributed by atoms with van der Waals surface area (Å²) < 4.78 is 2.26. The minimum Gasteiger partial charge on any atom is -0.502 e. The second-order valence-electron chi connectivity index (χ2n) is 5.46. The van der Waals surface area contributed by atoms with Crippen LogP contribution in [0.4, 0.5) is 5.69 Å². The SMILES string of the molecule is O=C(N/N=C/c1cc(Br)cc([N+](=O)[O-])c1O)c1cccc(-n2cccc2)c1. The summed E-state index contributed by atoms with van der Waals surface area (Å²) in [6.07, 6.45) is 4.86. The molecule has 0 fully saturated rings. The van der Waals surface area contributed by atoms with Crippen molar-refractivity contribution in [2.45, 2.75) is 0 Å². The smallest absolute Gasteiger partial charge is 0.312 e. The van der Waals surface area contributed by atoms with Crippen molar-refractivity contribution >= 4 is 33.7 Å². The van der Waals surface area contributed by atoms with Crippen LogP contribution >= 0.6 is 15.9 Å². The fourth-order valence-corrected chi connectivity index (χ4v) is 2.85. The first-order valence-corrected chi connectivity index (χ1v) is 8.49. The number of phenols is 1. The molecule has 1 amide bonds. The molecule has 9 heteroatoms. The van der Waals surface area contributed by atoms with Crippen LogP contribution in [0.2, 0.25) is 0 Å². The fraction of sp³-hybridized carbons (Fsp3) is 0. The van der Waals surface area contributed by atoms with Crippen molar-refractivity contribution in [1.29, 1.82) is 0 Å². The van der Waals surface area contributed by atoms with Crippen LogP contribution < -0.4 is 5.43 Å². The van der Waals surface area contributed by atoms with E-state index in [9.17, 15) is 20.0 Å². The van der Waals surface area contributed by atoms with Crippen LogP contribution in [0.5, 0.6) is 5.75 Å². The molecule has 8 nitrogen and oxygen atoms in total. The largest absolute Gasteiger partial charge is 0.502 e. The summed E-state index contributed by atoms with van der Waals surface area (Å²) in [4.78, 5) is 22.5. The van der Waals surface area contributed by atoms with Crippen LogP contribution in [-0.2, 0) is 0 Å². The number of aromatic nitrogens is 1. The second kappa shape index (κ2) is 7.83. The molecule has 136 valence electrons. The second-order valence-corrected chi connectivity index (χ2v) is 6.38. The number of halogens is 1. The third-order valence-electron chi connectivity index (χ3n) is 3.66.